The molecule has 0 atom stereocenters. The highest BCUT2D eigenvalue weighted by molar-refractivity contribution is 6.16. The lowest BCUT2D eigenvalue weighted by Gasteiger charge is -2.13. The van der Waals surface area contributed by atoms with Crippen LogP contribution in [-0.2, 0) is 20.8 Å². The van der Waals surface area contributed by atoms with Gasteiger partial charge in [0.05, 0.1) is 6.61 Å². The molecule has 0 saturated carbocycles. The van der Waals surface area contributed by atoms with Crippen LogP contribution in [0, 0.1) is 0 Å². The van der Waals surface area contributed by atoms with Crippen molar-refractivity contribution >= 4 is 35.5 Å². The number of para-hydroxylation sites is 1. The third-order valence-corrected chi connectivity index (χ3v) is 4.88. The summed E-state index contributed by atoms with van der Waals surface area (Å²) in [5.74, 6) is -1.08. The molecule has 1 aliphatic heterocycles. The SMILES string of the molecule is CCOc1cc(/C=C2/NC(=O)N(CC(=O)Nc3ccccc3CC)C2=O)ccc1OCC(N)=O. The van der Waals surface area contributed by atoms with Crippen molar-refractivity contribution in [3.63, 3.8) is 0 Å². The first-order valence-electron chi connectivity index (χ1n) is 10.7. The third-order valence-electron chi connectivity index (χ3n) is 4.88. The highest BCUT2D eigenvalue weighted by Crippen LogP contribution is 2.29. The van der Waals surface area contributed by atoms with Crippen molar-refractivity contribution < 1.29 is 28.7 Å². The Morgan fingerprint density at radius 3 is 2.56 bits per heavy atom. The van der Waals surface area contributed by atoms with E-state index >= 15 is 0 Å². The fraction of sp³-hybridized carbons (Fsp3) is 0.250. The van der Waals surface area contributed by atoms with Crippen molar-refractivity contribution in [2.45, 2.75) is 20.3 Å². The van der Waals surface area contributed by atoms with Crippen LogP contribution < -0.4 is 25.8 Å². The van der Waals surface area contributed by atoms with Crippen molar-refractivity contribution in [3.8, 4) is 11.5 Å². The number of nitrogens with zero attached hydrogens (tertiary/aromatic N) is 1. The van der Waals surface area contributed by atoms with Crippen LogP contribution in [0.4, 0.5) is 10.5 Å². The second kappa shape index (κ2) is 11.0. The Morgan fingerprint density at radius 2 is 1.85 bits per heavy atom. The fourth-order valence-electron chi connectivity index (χ4n) is 3.32. The number of nitrogens with two attached hydrogens (primary N) is 1. The Morgan fingerprint density at radius 1 is 1.09 bits per heavy atom. The Hall–Kier alpha value is -4.34. The summed E-state index contributed by atoms with van der Waals surface area (Å²) in [5, 5.41) is 5.23. The van der Waals surface area contributed by atoms with Crippen molar-refractivity contribution in [3.05, 3.63) is 59.3 Å². The number of amides is 5. The number of hydrogen-bond donors (Lipinski definition) is 3. The maximum atomic E-state index is 12.8. The van der Waals surface area contributed by atoms with Crippen LogP contribution >= 0.6 is 0 Å². The monoisotopic (exact) mass is 466 g/mol. The van der Waals surface area contributed by atoms with E-state index in [4.69, 9.17) is 15.2 Å². The van der Waals surface area contributed by atoms with Crippen LogP contribution in [0.2, 0.25) is 0 Å². The number of nitrogens with one attached hydrogen (secondary N) is 2. The second-order valence-electron chi connectivity index (χ2n) is 7.33. The maximum absolute atomic E-state index is 12.8. The van der Waals surface area contributed by atoms with Crippen molar-refractivity contribution in [2.75, 3.05) is 25.1 Å². The average Bonchev–Trinajstić information content (AvgIpc) is 3.06. The van der Waals surface area contributed by atoms with Crippen LogP contribution in [0.3, 0.4) is 0 Å². The highest BCUT2D eigenvalue weighted by atomic mass is 16.5. The van der Waals surface area contributed by atoms with Gasteiger partial charge in [0.25, 0.3) is 11.8 Å². The highest BCUT2D eigenvalue weighted by Gasteiger charge is 2.35. The number of hydrogen-bond acceptors (Lipinski definition) is 6. The zero-order valence-corrected chi connectivity index (χ0v) is 18.9. The van der Waals surface area contributed by atoms with Gasteiger partial charge in [-0.15, -0.1) is 0 Å². The first-order chi connectivity index (χ1) is 16.3. The average molecular weight is 466 g/mol. The van der Waals surface area contributed by atoms with E-state index in [0.29, 0.717) is 29.4 Å². The normalized spacial score (nSPS) is 14.2. The Kier molecular flexibility index (Phi) is 7.86. The van der Waals surface area contributed by atoms with Crippen molar-refractivity contribution in [1.29, 1.82) is 0 Å². The summed E-state index contributed by atoms with van der Waals surface area (Å²) >= 11 is 0. The number of carbonyl (C=O) groups is 4. The lowest BCUT2D eigenvalue weighted by atomic mass is 10.1. The van der Waals surface area contributed by atoms with Gasteiger partial charge < -0.3 is 25.8 Å². The van der Waals surface area contributed by atoms with E-state index in [1.54, 1.807) is 37.3 Å². The fourth-order valence-corrected chi connectivity index (χ4v) is 3.32. The van der Waals surface area contributed by atoms with Crippen LogP contribution in [0.25, 0.3) is 6.08 Å². The van der Waals surface area contributed by atoms with Crippen molar-refractivity contribution in [2.24, 2.45) is 5.73 Å². The zero-order chi connectivity index (χ0) is 24.7. The van der Waals surface area contributed by atoms with E-state index in [0.717, 1.165) is 16.9 Å². The molecule has 10 nitrogen and oxygen atoms in total. The second-order valence-corrected chi connectivity index (χ2v) is 7.33. The molecule has 2 aromatic carbocycles. The molecule has 0 aliphatic carbocycles. The molecule has 0 aromatic heterocycles. The minimum Gasteiger partial charge on any atom is -0.490 e. The first kappa shape index (κ1) is 24.3. The molecule has 1 saturated heterocycles. The number of urea groups is 1. The summed E-state index contributed by atoms with van der Waals surface area (Å²) < 4.78 is 10.9. The zero-order valence-electron chi connectivity index (χ0n) is 18.9. The molecular formula is C24H26N4O6. The molecule has 0 spiro atoms. The number of primary amides is 1. The Bertz CT molecular complexity index is 1140. The maximum Gasteiger partial charge on any atom is 0.329 e. The van der Waals surface area contributed by atoms with Crippen LogP contribution in [0.15, 0.2) is 48.2 Å². The molecule has 0 unspecified atom stereocenters. The molecule has 2 aromatic rings. The van der Waals surface area contributed by atoms with Gasteiger partial charge in [-0.3, -0.25) is 14.4 Å². The van der Waals surface area contributed by atoms with E-state index in [1.165, 1.54) is 6.08 Å². The van der Waals surface area contributed by atoms with E-state index < -0.39 is 30.3 Å². The topological polar surface area (TPSA) is 140 Å². The molecule has 1 aliphatic rings. The number of carbonyl (C=O) groups excluding carboxylic acids is 4. The molecule has 1 fully saturated rings. The lowest BCUT2D eigenvalue weighted by Crippen LogP contribution is -2.38. The van der Waals surface area contributed by atoms with E-state index in [2.05, 4.69) is 10.6 Å². The summed E-state index contributed by atoms with van der Waals surface area (Å²) in [7, 11) is 0. The smallest absolute Gasteiger partial charge is 0.329 e. The van der Waals surface area contributed by atoms with Crippen LogP contribution in [-0.4, -0.2) is 48.4 Å². The van der Waals surface area contributed by atoms with Crippen LogP contribution in [0.5, 0.6) is 11.5 Å². The van der Waals surface area contributed by atoms with Gasteiger partial charge in [0.2, 0.25) is 5.91 Å². The van der Waals surface area contributed by atoms with E-state index in [9.17, 15) is 19.2 Å². The number of aryl methyl sites for hydroxylation is 1. The third kappa shape index (κ3) is 5.91. The summed E-state index contributed by atoms with van der Waals surface area (Å²) in [6.45, 7) is 3.35. The summed E-state index contributed by atoms with van der Waals surface area (Å²) in [4.78, 5) is 49.4. The summed E-state index contributed by atoms with van der Waals surface area (Å²) in [6.07, 6.45) is 2.19. The van der Waals surface area contributed by atoms with Crippen LogP contribution in [0.1, 0.15) is 25.0 Å². The minimum absolute atomic E-state index is 0.0139. The molecule has 4 N–H and O–H groups in total. The molecule has 10 heteroatoms. The molecule has 5 amide bonds. The van der Waals surface area contributed by atoms with Gasteiger partial charge in [0.15, 0.2) is 18.1 Å². The number of anilines is 1. The molecule has 1 heterocycles. The molecule has 0 radical (unpaired) electrons. The number of imide groups is 1. The van der Waals surface area contributed by atoms with Gasteiger partial charge >= 0.3 is 6.03 Å². The minimum atomic E-state index is -0.693. The van der Waals surface area contributed by atoms with Crippen molar-refractivity contribution in [1.82, 2.24) is 10.2 Å². The Labute approximate surface area is 196 Å². The molecule has 34 heavy (non-hydrogen) atoms. The predicted molar refractivity (Wildman–Crippen MR) is 125 cm³/mol. The Balaban J connectivity index is 1.73. The predicted octanol–water partition coefficient (Wildman–Crippen LogP) is 2.04. The molecule has 3 rings (SSSR count). The lowest BCUT2D eigenvalue weighted by molar-refractivity contribution is -0.127. The van der Waals surface area contributed by atoms with Gasteiger partial charge in [-0.1, -0.05) is 31.2 Å². The molecule has 0 bridgehead atoms. The molecule has 178 valence electrons. The number of rotatable bonds is 10. The quantitative estimate of drug-likeness (QED) is 0.362. The standard InChI is InChI=1S/C24H26N4O6/c1-3-16-7-5-6-8-17(16)26-22(30)13-28-23(31)18(27-24(28)32)11-15-9-10-19(34-14-21(25)29)20(12-15)33-4-2/h5-12H,3-4,13-14H2,1-2H3,(H2,25,29)(H,26,30)(H,27,32)/b18-11+. The van der Waals surface area contributed by atoms with Gasteiger partial charge in [0, 0.05) is 5.69 Å². The largest absolute Gasteiger partial charge is 0.490 e. The number of ether oxygens (including phenoxy) is 2. The van der Waals surface area contributed by atoms with E-state index in [1.807, 2.05) is 19.1 Å². The van der Waals surface area contributed by atoms with Gasteiger partial charge in [-0.25, -0.2) is 9.69 Å². The number of benzene rings is 2. The van der Waals surface area contributed by atoms with Gasteiger partial charge in [0.1, 0.15) is 12.2 Å². The van der Waals surface area contributed by atoms with Gasteiger partial charge in [-0.2, -0.15) is 0 Å². The van der Waals surface area contributed by atoms with Gasteiger partial charge in [-0.05, 0) is 48.7 Å². The first-order valence-corrected chi connectivity index (χ1v) is 10.7. The summed E-state index contributed by atoms with van der Waals surface area (Å²) in [6, 6.07) is 11.4. The van der Waals surface area contributed by atoms with E-state index in [-0.39, 0.29) is 12.3 Å². The summed E-state index contributed by atoms with van der Waals surface area (Å²) in [5.41, 5.74) is 7.25. The molecular weight excluding hydrogens is 440 g/mol.